The summed E-state index contributed by atoms with van der Waals surface area (Å²) in [5.74, 6) is 0.413. The van der Waals surface area contributed by atoms with E-state index in [2.05, 4.69) is 4.98 Å². The Balaban J connectivity index is 2.07. The van der Waals surface area contributed by atoms with Crippen LogP contribution in [0.5, 0.6) is 0 Å². The first-order chi connectivity index (χ1) is 8.72. The van der Waals surface area contributed by atoms with Crippen molar-refractivity contribution >= 4 is 17.5 Å². The third-order valence-electron chi connectivity index (χ3n) is 3.21. The lowest BCUT2D eigenvalue weighted by Crippen LogP contribution is -2.41. The van der Waals surface area contributed by atoms with Crippen molar-refractivity contribution in [2.24, 2.45) is 5.92 Å². The number of rotatable bonds is 3. The van der Waals surface area contributed by atoms with E-state index in [1.165, 1.54) is 6.20 Å². The Bertz CT molecular complexity index is 423. The van der Waals surface area contributed by atoms with Gasteiger partial charge in [0.25, 0.3) is 5.91 Å². The van der Waals surface area contributed by atoms with E-state index in [0.717, 1.165) is 25.9 Å². The molecule has 1 aliphatic heterocycles. The minimum atomic E-state index is -0.0109. The first-order valence-electron chi connectivity index (χ1n) is 6.10. The Morgan fingerprint density at radius 2 is 2.50 bits per heavy atom. The number of aromatic nitrogens is 1. The van der Waals surface area contributed by atoms with Gasteiger partial charge in [-0.05, 0) is 24.8 Å². The van der Waals surface area contributed by atoms with Crippen LogP contribution in [0.2, 0.25) is 5.02 Å². The topological polar surface area (TPSA) is 42.4 Å². The molecule has 0 bridgehead atoms. The molecule has 1 aromatic rings. The largest absolute Gasteiger partial charge is 0.384 e. The lowest BCUT2D eigenvalue weighted by molar-refractivity contribution is 0.0571. The van der Waals surface area contributed by atoms with Gasteiger partial charge in [-0.2, -0.15) is 0 Å². The lowest BCUT2D eigenvalue weighted by Gasteiger charge is -2.32. The Kier molecular flexibility index (Phi) is 4.55. The number of carbonyl (C=O) groups excluding carboxylic acids is 1. The van der Waals surface area contributed by atoms with Crippen LogP contribution in [0.15, 0.2) is 18.5 Å². The molecule has 2 rings (SSSR count). The third kappa shape index (κ3) is 3.00. The van der Waals surface area contributed by atoms with Gasteiger partial charge in [0.1, 0.15) is 0 Å². The number of piperidine rings is 1. The van der Waals surface area contributed by atoms with Crippen molar-refractivity contribution in [1.82, 2.24) is 9.88 Å². The van der Waals surface area contributed by atoms with E-state index < -0.39 is 0 Å². The molecule has 0 N–H and O–H groups in total. The van der Waals surface area contributed by atoms with Crippen molar-refractivity contribution in [2.75, 3.05) is 26.8 Å². The molecule has 1 unspecified atom stereocenters. The number of likely N-dealkylation sites (tertiary alicyclic amines) is 1. The maximum absolute atomic E-state index is 12.3. The summed E-state index contributed by atoms with van der Waals surface area (Å²) in [4.78, 5) is 18.1. The molecule has 2 heterocycles. The van der Waals surface area contributed by atoms with Crippen molar-refractivity contribution in [2.45, 2.75) is 12.8 Å². The zero-order chi connectivity index (χ0) is 13.0. The minimum absolute atomic E-state index is 0.0109. The highest BCUT2D eigenvalue weighted by Gasteiger charge is 2.25. The summed E-state index contributed by atoms with van der Waals surface area (Å²) in [7, 11) is 1.69. The summed E-state index contributed by atoms with van der Waals surface area (Å²) >= 11 is 6.00. The van der Waals surface area contributed by atoms with Crippen molar-refractivity contribution in [3.63, 3.8) is 0 Å². The molecule has 1 fully saturated rings. The minimum Gasteiger partial charge on any atom is -0.384 e. The van der Waals surface area contributed by atoms with Gasteiger partial charge in [-0.3, -0.25) is 9.78 Å². The van der Waals surface area contributed by atoms with E-state index >= 15 is 0 Å². The van der Waals surface area contributed by atoms with Crippen LogP contribution in [0.25, 0.3) is 0 Å². The van der Waals surface area contributed by atoms with E-state index in [0.29, 0.717) is 23.1 Å². The van der Waals surface area contributed by atoms with Crippen molar-refractivity contribution in [3.8, 4) is 0 Å². The molecule has 0 aliphatic carbocycles. The number of hydrogen-bond acceptors (Lipinski definition) is 3. The van der Waals surface area contributed by atoms with E-state index in [4.69, 9.17) is 16.3 Å². The average molecular weight is 269 g/mol. The number of hydrogen-bond donors (Lipinski definition) is 0. The second-order valence-corrected chi connectivity index (χ2v) is 4.98. The summed E-state index contributed by atoms with van der Waals surface area (Å²) in [5, 5.41) is 0.413. The molecule has 1 saturated heterocycles. The van der Waals surface area contributed by atoms with Gasteiger partial charge in [-0.25, -0.2) is 0 Å². The van der Waals surface area contributed by atoms with Gasteiger partial charge >= 0.3 is 0 Å². The molecule has 18 heavy (non-hydrogen) atoms. The second kappa shape index (κ2) is 6.16. The highest BCUT2D eigenvalue weighted by atomic mass is 35.5. The number of halogens is 1. The average Bonchev–Trinajstić information content (AvgIpc) is 2.39. The zero-order valence-electron chi connectivity index (χ0n) is 10.4. The van der Waals surface area contributed by atoms with Crippen LogP contribution in [0.4, 0.5) is 0 Å². The van der Waals surface area contributed by atoms with Gasteiger partial charge in [0.05, 0.1) is 17.2 Å². The van der Waals surface area contributed by atoms with E-state index in [1.54, 1.807) is 19.4 Å². The molecular formula is C13H17ClN2O2. The van der Waals surface area contributed by atoms with Gasteiger partial charge in [0, 0.05) is 32.6 Å². The van der Waals surface area contributed by atoms with Gasteiger partial charge in [0.2, 0.25) is 0 Å². The van der Waals surface area contributed by atoms with Crippen LogP contribution in [0.1, 0.15) is 23.2 Å². The predicted molar refractivity (Wildman–Crippen MR) is 69.8 cm³/mol. The number of nitrogens with zero attached hydrogens (tertiary/aromatic N) is 2. The van der Waals surface area contributed by atoms with Crippen molar-refractivity contribution in [3.05, 3.63) is 29.0 Å². The first-order valence-corrected chi connectivity index (χ1v) is 6.48. The SMILES string of the molecule is COCC1CCCN(C(=O)c2ccncc2Cl)C1. The van der Waals surface area contributed by atoms with E-state index in [1.807, 2.05) is 4.90 Å². The smallest absolute Gasteiger partial charge is 0.255 e. The van der Waals surface area contributed by atoms with E-state index in [9.17, 15) is 4.79 Å². The van der Waals surface area contributed by atoms with Crippen LogP contribution < -0.4 is 0 Å². The molecule has 4 nitrogen and oxygen atoms in total. The lowest BCUT2D eigenvalue weighted by atomic mass is 9.98. The Labute approximate surface area is 112 Å². The maximum Gasteiger partial charge on any atom is 0.255 e. The molecule has 0 spiro atoms. The molecule has 1 atom stereocenters. The molecule has 1 aliphatic rings. The molecular weight excluding hydrogens is 252 g/mol. The summed E-state index contributed by atoms with van der Waals surface area (Å²) in [5.41, 5.74) is 0.532. The Morgan fingerprint density at radius 1 is 1.67 bits per heavy atom. The zero-order valence-corrected chi connectivity index (χ0v) is 11.2. The first kappa shape index (κ1) is 13.3. The Morgan fingerprint density at radius 3 is 3.22 bits per heavy atom. The summed E-state index contributed by atoms with van der Waals surface area (Å²) in [6, 6.07) is 1.67. The second-order valence-electron chi connectivity index (χ2n) is 4.57. The van der Waals surface area contributed by atoms with Crippen LogP contribution in [-0.4, -0.2) is 42.6 Å². The molecule has 1 aromatic heterocycles. The summed E-state index contributed by atoms with van der Waals surface area (Å²) in [6.07, 6.45) is 5.23. The van der Waals surface area contributed by atoms with Gasteiger partial charge in [-0.1, -0.05) is 11.6 Å². The van der Waals surface area contributed by atoms with Crippen LogP contribution in [0.3, 0.4) is 0 Å². The number of carbonyl (C=O) groups is 1. The molecule has 5 heteroatoms. The molecule has 0 aromatic carbocycles. The predicted octanol–water partition coefficient (Wildman–Crippen LogP) is 2.23. The summed E-state index contributed by atoms with van der Waals surface area (Å²) in [6.45, 7) is 2.23. The number of pyridine rings is 1. The Hall–Kier alpha value is -1.13. The fourth-order valence-electron chi connectivity index (χ4n) is 2.34. The highest BCUT2D eigenvalue weighted by Crippen LogP contribution is 2.21. The molecule has 1 amide bonds. The quantitative estimate of drug-likeness (QED) is 0.844. The number of methoxy groups -OCH3 is 1. The number of amides is 1. The normalized spacial score (nSPS) is 19.9. The molecule has 0 radical (unpaired) electrons. The third-order valence-corrected chi connectivity index (χ3v) is 3.51. The highest BCUT2D eigenvalue weighted by molar-refractivity contribution is 6.33. The number of ether oxygens (including phenoxy) is 1. The standard InChI is InChI=1S/C13H17ClN2O2/c1-18-9-10-3-2-6-16(8-10)13(17)11-4-5-15-7-12(11)14/h4-5,7,10H,2-3,6,8-9H2,1H3. The van der Waals surface area contributed by atoms with Crippen molar-refractivity contribution < 1.29 is 9.53 Å². The van der Waals surface area contributed by atoms with Crippen molar-refractivity contribution in [1.29, 1.82) is 0 Å². The van der Waals surface area contributed by atoms with Crippen LogP contribution in [-0.2, 0) is 4.74 Å². The molecule has 0 saturated carbocycles. The fourth-order valence-corrected chi connectivity index (χ4v) is 2.54. The monoisotopic (exact) mass is 268 g/mol. The summed E-state index contributed by atoms with van der Waals surface area (Å²) < 4.78 is 5.16. The fraction of sp³-hybridized carbons (Fsp3) is 0.538. The maximum atomic E-state index is 12.3. The van der Waals surface area contributed by atoms with Gasteiger partial charge in [0.15, 0.2) is 0 Å². The van der Waals surface area contributed by atoms with Crippen LogP contribution >= 0.6 is 11.6 Å². The van der Waals surface area contributed by atoms with Crippen LogP contribution in [0, 0.1) is 5.92 Å². The van der Waals surface area contributed by atoms with Gasteiger partial charge < -0.3 is 9.64 Å². The van der Waals surface area contributed by atoms with Gasteiger partial charge in [-0.15, -0.1) is 0 Å². The molecule has 98 valence electrons. The van der Waals surface area contributed by atoms with E-state index in [-0.39, 0.29) is 5.91 Å².